The van der Waals surface area contributed by atoms with Crippen molar-refractivity contribution in [3.8, 4) is 0 Å². The van der Waals surface area contributed by atoms with Crippen molar-refractivity contribution in [2.24, 2.45) is 5.14 Å². The maximum Gasteiger partial charge on any atom is 0.249 e. The molecule has 0 aromatic heterocycles. The topological polar surface area (TPSA) is 115 Å². The highest BCUT2D eigenvalue weighted by molar-refractivity contribution is 8.00. The minimum Gasteiger partial charge on any atom is -0.279 e. The van der Waals surface area contributed by atoms with Crippen LogP contribution in [0.5, 0.6) is 0 Å². The lowest BCUT2D eigenvalue weighted by Crippen LogP contribution is -2.61. The molecule has 2 rings (SSSR count). The zero-order valence-electron chi connectivity index (χ0n) is 14.0. The molecule has 2 atom stereocenters. The molecule has 0 heterocycles. The summed E-state index contributed by atoms with van der Waals surface area (Å²) in [4.78, 5) is 9.08. The molecule has 9 heteroatoms. The van der Waals surface area contributed by atoms with E-state index in [1.165, 1.54) is 30.0 Å². The Morgan fingerprint density at radius 3 is 2.56 bits per heavy atom. The summed E-state index contributed by atoms with van der Waals surface area (Å²) in [6.45, 7) is 3.77. The van der Waals surface area contributed by atoms with Crippen molar-refractivity contribution in [1.82, 2.24) is 5.32 Å². The second-order valence-corrected chi connectivity index (χ2v) is 9.41. The highest BCUT2D eigenvalue weighted by Crippen LogP contribution is 2.38. The first kappa shape index (κ1) is 19.6. The Hall–Kier alpha value is -1.68. The van der Waals surface area contributed by atoms with Crippen LogP contribution in [0.3, 0.4) is 0 Å². The Labute approximate surface area is 151 Å². The summed E-state index contributed by atoms with van der Waals surface area (Å²) >= 11 is 1.45. The Balaban J connectivity index is 2.38. The highest BCUT2D eigenvalue weighted by atomic mass is 32.2. The SMILES string of the molecule is CCC(C)(NC1(S(N)(=O)=O)C=CC=C([N+](=O)[O-])C1)Sc1ccccc1. The number of thioether (sulfide) groups is 1. The normalized spacial score (nSPS) is 22.9. The molecule has 25 heavy (non-hydrogen) atoms. The van der Waals surface area contributed by atoms with Crippen LogP contribution in [0.1, 0.15) is 26.7 Å². The molecular weight excluding hydrogens is 362 g/mol. The maximum atomic E-state index is 12.3. The fourth-order valence-electron chi connectivity index (χ4n) is 2.56. The van der Waals surface area contributed by atoms with Gasteiger partial charge in [-0.2, -0.15) is 0 Å². The number of sulfonamides is 1. The van der Waals surface area contributed by atoms with Crippen LogP contribution in [0.4, 0.5) is 0 Å². The van der Waals surface area contributed by atoms with E-state index in [1.807, 2.05) is 44.2 Å². The first-order valence-electron chi connectivity index (χ1n) is 7.69. The Morgan fingerprint density at radius 2 is 2.04 bits per heavy atom. The van der Waals surface area contributed by atoms with Crippen LogP contribution in [0.25, 0.3) is 0 Å². The summed E-state index contributed by atoms with van der Waals surface area (Å²) in [6.07, 6.45) is 4.28. The summed E-state index contributed by atoms with van der Waals surface area (Å²) in [5.41, 5.74) is -0.202. The van der Waals surface area contributed by atoms with E-state index in [2.05, 4.69) is 5.32 Å². The number of rotatable bonds is 7. The molecular formula is C16H21N3O4S2. The maximum absolute atomic E-state index is 12.3. The number of allylic oxidation sites excluding steroid dienone is 2. The van der Waals surface area contributed by atoms with E-state index in [-0.39, 0.29) is 12.1 Å². The van der Waals surface area contributed by atoms with Crippen LogP contribution >= 0.6 is 11.8 Å². The number of hydrogen-bond donors (Lipinski definition) is 2. The number of nitrogens with two attached hydrogens (primary N) is 1. The zero-order valence-corrected chi connectivity index (χ0v) is 15.6. The molecule has 0 fully saturated rings. The van der Waals surface area contributed by atoms with Crippen molar-refractivity contribution in [2.45, 2.75) is 41.3 Å². The molecule has 0 radical (unpaired) electrons. The third-order valence-corrected chi connectivity index (χ3v) is 6.82. The van der Waals surface area contributed by atoms with Gasteiger partial charge in [0, 0.05) is 11.0 Å². The first-order valence-corrected chi connectivity index (χ1v) is 10.1. The largest absolute Gasteiger partial charge is 0.279 e. The van der Waals surface area contributed by atoms with Crippen molar-refractivity contribution in [3.05, 3.63) is 64.4 Å². The van der Waals surface area contributed by atoms with Gasteiger partial charge in [-0.1, -0.05) is 31.2 Å². The van der Waals surface area contributed by atoms with Crippen LogP contribution in [-0.4, -0.2) is 23.1 Å². The van der Waals surface area contributed by atoms with Crippen LogP contribution in [0.15, 0.2) is 59.2 Å². The van der Waals surface area contributed by atoms with Gasteiger partial charge in [0.15, 0.2) is 4.87 Å². The molecule has 1 aromatic carbocycles. The van der Waals surface area contributed by atoms with E-state index >= 15 is 0 Å². The smallest absolute Gasteiger partial charge is 0.249 e. The molecule has 7 nitrogen and oxygen atoms in total. The molecule has 2 unspecified atom stereocenters. The number of nitrogens with one attached hydrogen (secondary N) is 1. The predicted molar refractivity (Wildman–Crippen MR) is 98.8 cm³/mol. The van der Waals surface area contributed by atoms with Crippen molar-refractivity contribution in [1.29, 1.82) is 0 Å². The Morgan fingerprint density at radius 1 is 1.40 bits per heavy atom. The van der Waals surface area contributed by atoms with Gasteiger partial charge in [0.05, 0.1) is 16.2 Å². The molecule has 3 N–H and O–H groups in total. The van der Waals surface area contributed by atoms with Gasteiger partial charge in [0.25, 0.3) is 0 Å². The Bertz CT molecular complexity index is 808. The van der Waals surface area contributed by atoms with Crippen LogP contribution in [0, 0.1) is 10.1 Å². The summed E-state index contributed by atoms with van der Waals surface area (Å²) in [6, 6.07) is 9.51. The Kier molecular flexibility index (Phi) is 5.72. The zero-order chi connectivity index (χ0) is 18.7. The minimum atomic E-state index is -4.15. The lowest BCUT2D eigenvalue weighted by molar-refractivity contribution is -0.428. The molecule has 136 valence electrons. The molecule has 0 saturated carbocycles. The van der Waals surface area contributed by atoms with E-state index in [9.17, 15) is 18.5 Å². The van der Waals surface area contributed by atoms with Gasteiger partial charge in [0.2, 0.25) is 15.7 Å². The summed E-state index contributed by atoms with van der Waals surface area (Å²) < 4.78 is 24.7. The first-order chi connectivity index (χ1) is 11.6. The van der Waals surface area contributed by atoms with E-state index < -0.39 is 24.7 Å². The lowest BCUT2D eigenvalue weighted by Gasteiger charge is -2.40. The fourth-order valence-corrected chi connectivity index (χ4v) is 4.80. The van der Waals surface area contributed by atoms with E-state index in [4.69, 9.17) is 5.14 Å². The quantitative estimate of drug-likeness (QED) is 0.324. The van der Waals surface area contributed by atoms with Crippen molar-refractivity contribution < 1.29 is 13.3 Å². The summed E-state index contributed by atoms with van der Waals surface area (Å²) in [5, 5.41) is 19.7. The average Bonchev–Trinajstić information content (AvgIpc) is 2.55. The summed E-state index contributed by atoms with van der Waals surface area (Å²) in [5.74, 6) is 0. The number of hydrogen-bond acceptors (Lipinski definition) is 6. The van der Waals surface area contributed by atoms with Gasteiger partial charge in [-0.15, -0.1) is 11.8 Å². The number of nitrogens with zero attached hydrogens (tertiary/aromatic N) is 1. The number of nitro groups is 1. The average molecular weight is 383 g/mol. The van der Waals surface area contributed by atoms with E-state index in [0.29, 0.717) is 6.42 Å². The minimum absolute atomic E-state index is 0.202. The fraction of sp³-hybridized carbons (Fsp3) is 0.375. The third-order valence-electron chi connectivity index (χ3n) is 4.08. The van der Waals surface area contributed by atoms with Gasteiger partial charge in [-0.05, 0) is 31.6 Å². The second-order valence-electron chi connectivity index (χ2n) is 6.01. The molecule has 0 bridgehead atoms. The monoisotopic (exact) mass is 383 g/mol. The van der Waals surface area contributed by atoms with E-state index in [1.54, 1.807) is 0 Å². The standard InChI is InChI=1S/C16H21N3O4S2/c1-3-15(2,24-14-9-5-4-6-10-14)18-16(25(17,22)23)11-7-8-13(12-16)19(20)21/h4-11,18H,3,12H2,1-2H3,(H2,17,22,23). The highest BCUT2D eigenvalue weighted by Gasteiger charge is 2.48. The molecule has 0 amide bonds. The van der Waals surface area contributed by atoms with Crippen molar-refractivity contribution in [3.63, 3.8) is 0 Å². The van der Waals surface area contributed by atoms with Gasteiger partial charge in [0.1, 0.15) is 0 Å². The molecule has 1 aromatic rings. The summed E-state index contributed by atoms with van der Waals surface area (Å²) in [7, 11) is -4.15. The molecule has 1 aliphatic rings. The van der Waals surface area contributed by atoms with Crippen LogP contribution in [0.2, 0.25) is 0 Å². The lowest BCUT2D eigenvalue weighted by atomic mass is 10.0. The predicted octanol–water partition coefficient (Wildman–Crippen LogP) is 2.60. The van der Waals surface area contributed by atoms with Gasteiger partial charge >= 0.3 is 0 Å². The molecule has 0 spiro atoms. The molecule has 0 saturated heterocycles. The number of primary sulfonamides is 1. The van der Waals surface area contributed by atoms with E-state index in [0.717, 1.165) is 4.90 Å². The van der Waals surface area contributed by atoms with Crippen molar-refractivity contribution in [2.75, 3.05) is 0 Å². The second kappa shape index (κ2) is 7.28. The van der Waals surface area contributed by atoms with Gasteiger partial charge in [-0.25, -0.2) is 13.6 Å². The number of benzene rings is 1. The molecule has 1 aliphatic carbocycles. The third kappa shape index (κ3) is 4.49. The van der Waals surface area contributed by atoms with Gasteiger partial charge in [-0.3, -0.25) is 15.4 Å². The van der Waals surface area contributed by atoms with Crippen molar-refractivity contribution >= 4 is 21.8 Å². The van der Waals surface area contributed by atoms with Gasteiger partial charge < -0.3 is 0 Å². The van der Waals surface area contributed by atoms with Crippen LogP contribution in [-0.2, 0) is 10.0 Å². The molecule has 0 aliphatic heterocycles. The van der Waals surface area contributed by atoms with Crippen LogP contribution < -0.4 is 10.5 Å².